The van der Waals surface area contributed by atoms with Gasteiger partial charge in [-0.05, 0) is 23.8 Å². The zero-order valence-electron chi connectivity index (χ0n) is 16.9. The first-order chi connectivity index (χ1) is 13.7. The average molecular weight is 402 g/mol. The predicted octanol–water partition coefficient (Wildman–Crippen LogP) is 2.16. The number of hydrogen-bond donors (Lipinski definition) is 3. The molecule has 0 aliphatic carbocycles. The molecule has 8 nitrogen and oxygen atoms in total. The van der Waals surface area contributed by atoms with Crippen LogP contribution in [0.3, 0.4) is 0 Å². The Labute approximate surface area is 170 Å². The van der Waals surface area contributed by atoms with Gasteiger partial charge in [-0.3, -0.25) is 4.48 Å². The van der Waals surface area contributed by atoms with E-state index in [-0.39, 0.29) is 0 Å². The van der Waals surface area contributed by atoms with Gasteiger partial charge in [-0.15, -0.1) is 0 Å². The minimum atomic E-state index is -1.26. The van der Waals surface area contributed by atoms with Crippen molar-refractivity contribution in [2.45, 2.75) is 6.54 Å². The second-order valence-corrected chi connectivity index (χ2v) is 6.63. The topological polar surface area (TPSA) is 109 Å². The van der Waals surface area contributed by atoms with Crippen LogP contribution in [0, 0.1) is 0 Å². The van der Waals surface area contributed by atoms with Gasteiger partial charge >= 0.3 is 11.9 Å². The molecule has 0 aliphatic heterocycles. The molecule has 0 radical (unpaired) electrons. The molecule has 0 spiro atoms. The van der Waals surface area contributed by atoms with E-state index >= 15 is 0 Å². The SMILES string of the molecule is COc1ccc(CNCC[N+](C)(C)c2ccccn2)cc1.O=C(O)/C=C\C(=O)O. The summed E-state index contributed by atoms with van der Waals surface area (Å²) in [6.07, 6.45) is 2.96. The van der Waals surface area contributed by atoms with Crippen molar-refractivity contribution in [1.82, 2.24) is 14.8 Å². The van der Waals surface area contributed by atoms with Gasteiger partial charge in [0.25, 0.3) is 0 Å². The number of carboxylic acid groups (broad SMARTS) is 2. The zero-order valence-corrected chi connectivity index (χ0v) is 16.9. The van der Waals surface area contributed by atoms with Gasteiger partial charge in [-0.1, -0.05) is 18.2 Å². The third kappa shape index (κ3) is 10.0. The minimum Gasteiger partial charge on any atom is -0.497 e. The van der Waals surface area contributed by atoms with Crippen molar-refractivity contribution in [1.29, 1.82) is 0 Å². The summed E-state index contributed by atoms with van der Waals surface area (Å²) in [5.74, 6) is -0.532. The van der Waals surface area contributed by atoms with E-state index in [4.69, 9.17) is 14.9 Å². The van der Waals surface area contributed by atoms with E-state index in [0.29, 0.717) is 12.2 Å². The maximum Gasteiger partial charge on any atom is 0.328 e. The van der Waals surface area contributed by atoms with E-state index < -0.39 is 11.9 Å². The normalized spacial score (nSPS) is 10.9. The number of methoxy groups -OCH3 is 1. The van der Waals surface area contributed by atoms with Crippen molar-refractivity contribution in [2.75, 3.05) is 34.3 Å². The molecule has 1 heterocycles. The number of ether oxygens (including phenoxy) is 1. The van der Waals surface area contributed by atoms with Crippen LogP contribution in [0.4, 0.5) is 5.82 Å². The highest BCUT2D eigenvalue weighted by atomic mass is 16.5. The maximum absolute atomic E-state index is 9.55. The molecule has 2 rings (SSSR count). The van der Waals surface area contributed by atoms with E-state index in [0.717, 1.165) is 35.7 Å². The standard InChI is InChI=1S/C17H24N3O.C4H4O4/c1-20(2,17-6-4-5-11-19-17)13-12-18-14-15-7-9-16(21-3)10-8-15;5-3(6)1-2-4(7)8/h4-11,18H,12-14H2,1-3H3;1-2H,(H,5,6)(H,7,8)/q+1;/b;2-1-. The van der Waals surface area contributed by atoms with Crippen molar-refractivity contribution in [2.24, 2.45) is 0 Å². The van der Waals surface area contributed by atoms with Crippen LogP contribution in [0.25, 0.3) is 0 Å². The van der Waals surface area contributed by atoms with Gasteiger partial charge in [-0.2, -0.15) is 0 Å². The number of carbonyl (C=O) groups is 2. The van der Waals surface area contributed by atoms with Crippen LogP contribution in [-0.4, -0.2) is 61.4 Å². The summed E-state index contributed by atoms with van der Waals surface area (Å²) in [6, 6.07) is 14.2. The fourth-order valence-corrected chi connectivity index (χ4v) is 2.30. The number of rotatable bonds is 9. The summed E-state index contributed by atoms with van der Waals surface area (Å²) >= 11 is 0. The first kappa shape index (κ1) is 23.8. The molecule has 2 aromatic rings. The van der Waals surface area contributed by atoms with E-state index in [1.165, 1.54) is 5.56 Å². The molecule has 0 saturated carbocycles. The Balaban J connectivity index is 0.000000447. The molecular weight excluding hydrogens is 374 g/mol. The molecule has 0 unspecified atom stereocenters. The Hall–Kier alpha value is -3.23. The number of quaternary nitrogens is 1. The summed E-state index contributed by atoms with van der Waals surface area (Å²) < 4.78 is 5.93. The lowest BCUT2D eigenvalue weighted by molar-refractivity contribution is -0.134. The monoisotopic (exact) mass is 402 g/mol. The van der Waals surface area contributed by atoms with Crippen molar-refractivity contribution in [3.05, 3.63) is 66.4 Å². The molecule has 1 aromatic carbocycles. The van der Waals surface area contributed by atoms with Crippen LogP contribution in [0.1, 0.15) is 5.56 Å². The highest BCUT2D eigenvalue weighted by molar-refractivity contribution is 5.89. The molecule has 29 heavy (non-hydrogen) atoms. The molecule has 0 fully saturated rings. The number of aromatic nitrogens is 1. The van der Waals surface area contributed by atoms with E-state index in [1.807, 2.05) is 30.5 Å². The third-order valence-corrected chi connectivity index (χ3v) is 3.97. The fourth-order valence-electron chi connectivity index (χ4n) is 2.30. The Bertz CT molecular complexity index is 774. The minimum absolute atomic E-state index is 0.558. The lowest BCUT2D eigenvalue weighted by atomic mass is 10.2. The summed E-state index contributed by atoms with van der Waals surface area (Å²) in [4.78, 5) is 23.5. The molecule has 156 valence electrons. The number of hydrogen-bond acceptors (Lipinski definition) is 5. The molecule has 0 amide bonds. The van der Waals surface area contributed by atoms with Crippen molar-refractivity contribution >= 4 is 17.8 Å². The molecule has 3 N–H and O–H groups in total. The first-order valence-electron chi connectivity index (χ1n) is 8.97. The average Bonchev–Trinajstić information content (AvgIpc) is 2.71. The molecule has 0 aliphatic rings. The highest BCUT2D eigenvalue weighted by Crippen LogP contribution is 2.14. The molecular formula is C21H28N3O5+. The van der Waals surface area contributed by atoms with Crippen LogP contribution in [0.5, 0.6) is 5.75 Å². The van der Waals surface area contributed by atoms with Gasteiger partial charge in [0.1, 0.15) is 5.75 Å². The number of carboxylic acids is 2. The summed E-state index contributed by atoms with van der Waals surface area (Å²) in [5, 5.41) is 19.1. The molecule has 8 heteroatoms. The summed E-state index contributed by atoms with van der Waals surface area (Å²) in [5.41, 5.74) is 1.26. The number of pyridine rings is 1. The number of likely N-dealkylation sites (N-methyl/N-ethyl adjacent to an activating group) is 1. The second kappa shape index (κ2) is 12.3. The Morgan fingerprint density at radius 3 is 2.17 bits per heavy atom. The molecule has 0 bridgehead atoms. The van der Waals surface area contributed by atoms with Crippen LogP contribution in [0.2, 0.25) is 0 Å². The van der Waals surface area contributed by atoms with Gasteiger partial charge in [0.2, 0.25) is 5.82 Å². The van der Waals surface area contributed by atoms with Crippen molar-refractivity contribution < 1.29 is 24.5 Å². The van der Waals surface area contributed by atoms with Crippen LogP contribution in [0.15, 0.2) is 60.8 Å². The molecule has 0 atom stereocenters. The van der Waals surface area contributed by atoms with Crippen LogP contribution >= 0.6 is 0 Å². The van der Waals surface area contributed by atoms with Gasteiger partial charge in [0.05, 0.1) is 27.7 Å². The number of nitrogens with one attached hydrogen (secondary N) is 1. The van der Waals surface area contributed by atoms with Crippen LogP contribution in [-0.2, 0) is 16.1 Å². The van der Waals surface area contributed by atoms with Gasteiger partial charge in [-0.25, -0.2) is 14.6 Å². The zero-order chi connectivity index (χ0) is 21.7. The predicted molar refractivity (Wildman–Crippen MR) is 112 cm³/mol. The fraction of sp³-hybridized carbons (Fsp3) is 0.286. The largest absolute Gasteiger partial charge is 0.497 e. The van der Waals surface area contributed by atoms with Crippen LogP contribution < -0.4 is 14.5 Å². The lowest BCUT2D eigenvalue weighted by Gasteiger charge is -2.27. The first-order valence-corrected chi connectivity index (χ1v) is 8.97. The van der Waals surface area contributed by atoms with Gasteiger partial charge < -0.3 is 20.3 Å². The quantitative estimate of drug-likeness (QED) is 0.335. The van der Waals surface area contributed by atoms with Crippen molar-refractivity contribution in [3.8, 4) is 5.75 Å². The Kier molecular flexibility index (Phi) is 10.1. The van der Waals surface area contributed by atoms with E-state index in [2.05, 4.69) is 42.6 Å². The Morgan fingerprint density at radius 1 is 1.07 bits per heavy atom. The number of nitrogens with zero attached hydrogens (tertiary/aromatic N) is 2. The summed E-state index contributed by atoms with van der Waals surface area (Å²) in [7, 11) is 6.04. The number of aliphatic carboxylic acids is 2. The number of benzene rings is 1. The van der Waals surface area contributed by atoms with Gasteiger partial charge in [0.15, 0.2) is 0 Å². The highest BCUT2D eigenvalue weighted by Gasteiger charge is 2.19. The lowest BCUT2D eigenvalue weighted by Crippen LogP contribution is -2.45. The van der Waals surface area contributed by atoms with Gasteiger partial charge in [0, 0.05) is 37.5 Å². The summed E-state index contributed by atoms with van der Waals surface area (Å²) in [6.45, 7) is 2.80. The second-order valence-electron chi connectivity index (χ2n) is 6.63. The maximum atomic E-state index is 9.55. The van der Waals surface area contributed by atoms with E-state index in [1.54, 1.807) is 7.11 Å². The Morgan fingerprint density at radius 2 is 1.69 bits per heavy atom. The van der Waals surface area contributed by atoms with Crippen molar-refractivity contribution in [3.63, 3.8) is 0 Å². The van der Waals surface area contributed by atoms with E-state index in [9.17, 15) is 9.59 Å². The molecule has 1 aromatic heterocycles. The molecule has 0 saturated heterocycles. The smallest absolute Gasteiger partial charge is 0.328 e. The third-order valence-electron chi connectivity index (χ3n) is 3.97.